The highest BCUT2D eigenvalue weighted by Gasteiger charge is 2.10. The zero-order chi connectivity index (χ0) is 15.1. The number of nitrogens with zero attached hydrogens (tertiary/aromatic N) is 3. The number of carbonyl (C=O) groups excluding carboxylic acids is 1. The minimum Gasteiger partial charge on any atom is -0.382 e. The lowest BCUT2D eigenvalue weighted by atomic mass is 10.3. The van der Waals surface area contributed by atoms with Gasteiger partial charge in [0.05, 0.1) is 11.9 Å². The van der Waals surface area contributed by atoms with E-state index in [1.54, 1.807) is 18.3 Å². The fourth-order valence-electron chi connectivity index (χ4n) is 1.72. The number of benzene rings is 1. The van der Waals surface area contributed by atoms with Crippen molar-refractivity contribution < 1.29 is 9.53 Å². The third-order valence-corrected chi connectivity index (χ3v) is 2.99. The lowest BCUT2D eigenvalue weighted by Gasteiger charge is -2.02. The molecule has 0 aliphatic rings. The summed E-state index contributed by atoms with van der Waals surface area (Å²) in [6, 6.07) is 7.17. The van der Waals surface area contributed by atoms with Gasteiger partial charge in [0.15, 0.2) is 5.69 Å². The van der Waals surface area contributed by atoms with Crippen LogP contribution in [-0.2, 0) is 4.74 Å². The molecule has 1 aromatic heterocycles. The normalized spacial score (nSPS) is 10.6. The van der Waals surface area contributed by atoms with Gasteiger partial charge >= 0.3 is 0 Å². The average Bonchev–Trinajstić information content (AvgIpc) is 2.97. The van der Waals surface area contributed by atoms with Crippen molar-refractivity contribution in [1.29, 1.82) is 0 Å². The molecule has 0 atom stereocenters. The van der Waals surface area contributed by atoms with Gasteiger partial charge in [-0.1, -0.05) is 22.9 Å². The summed E-state index contributed by atoms with van der Waals surface area (Å²) in [7, 11) is 0. The molecule has 1 amide bonds. The second-order valence-electron chi connectivity index (χ2n) is 4.33. The predicted molar refractivity (Wildman–Crippen MR) is 79.8 cm³/mol. The van der Waals surface area contributed by atoms with E-state index in [1.807, 2.05) is 19.1 Å². The number of nitrogens with one attached hydrogen (secondary N) is 1. The summed E-state index contributed by atoms with van der Waals surface area (Å²) >= 11 is 5.92. The molecule has 1 N–H and O–H groups in total. The van der Waals surface area contributed by atoms with Crippen LogP contribution >= 0.6 is 11.6 Å². The molecule has 2 aromatic rings. The molecule has 1 heterocycles. The van der Waals surface area contributed by atoms with E-state index < -0.39 is 0 Å². The maximum absolute atomic E-state index is 11.9. The highest BCUT2D eigenvalue weighted by molar-refractivity contribution is 6.30. The largest absolute Gasteiger partial charge is 0.382 e. The Balaban J connectivity index is 1.92. The van der Waals surface area contributed by atoms with Crippen LogP contribution < -0.4 is 5.32 Å². The van der Waals surface area contributed by atoms with E-state index in [-0.39, 0.29) is 11.6 Å². The molecule has 112 valence electrons. The maximum Gasteiger partial charge on any atom is 0.273 e. The first kappa shape index (κ1) is 15.5. The first-order chi connectivity index (χ1) is 10.2. The first-order valence-corrected chi connectivity index (χ1v) is 7.12. The average molecular weight is 309 g/mol. The van der Waals surface area contributed by atoms with Gasteiger partial charge in [0, 0.05) is 24.8 Å². The quantitative estimate of drug-likeness (QED) is 0.795. The number of amides is 1. The molecule has 0 aliphatic carbocycles. The lowest BCUT2D eigenvalue weighted by Crippen LogP contribution is -2.25. The van der Waals surface area contributed by atoms with Crippen molar-refractivity contribution >= 4 is 17.5 Å². The van der Waals surface area contributed by atoms with E-state index in [1.165, 1.54) is 4.68 Å². The summed E-state index contributed by atoms with van der Waals surface area (Å²) in [5.74, 6) is -0.250. The van der Waals surface area contributed by atoms with Crippen molar-refractivity contribution in [2.75, 3.05) is 19.8 Å². The van der Waals surface area contributed by atoms with Crippen molar-refractivity contribution in [3.05, 3.63) is 41.2 Å². The Hall–Kier alpha value is -1.92. The van der Waals surface area contributed by atoms with E-state index in [2.05, 4.69) is 15.6 Å². The summed E-state index contributed by atoms with van der Waals surface area (Å²) < 4.78 is 6.71. The van der Waals surface area contributed by atoms with E-state index in [0.717, 1.165) is 12.1 Å². The summed E-state index contributed by atoms with van der Waals surface area (Å²) in [6.07, 6.45) is 2.34. The highest BCUT2D eigenvalue weighted by Crippen LogP contribution is 2.13. The van der Waals surface area contributed by atoms with Gasteiger partial charge in [-0.25, -0.2) is 4.68 Å². The van der Waals surface area contributed by atoms with Gasteiger partial charge in [-0.2, -0.15) is 0 Å². The number of rotatable bonds is 7. The third kappa shape index (κ3) is 4.54. The van der Waals surface area contributed by atoms with E-state index in [9.17, 15) is 4.79 Å². The number of carbonyl (C=O) groups is 1. The Kier molecular flexibility index (Phi) is 5.71. The molecule has 0 unspecified atom stereocenters. The minimum atomic E-state index is -0.250. The molecule has 0 aliphatic heterocycles. The Morgan fingerprint density at radius 2 is 2.33 bits per heavy atom. The van der Waals surface area contributed by atoms with Gasteiger partial charge < -0.3 is 10.1 Å². The van der Waals surface area contributed by atoms with Crippen LogP contribution in [0.4, 0.5) is 0 Å². The molecule has 0 bridgehead atoms. The number of aromatic nitrogens is 3. The van der Waals surface area contributed by atoms with Crippen LogP contribution in [0.15, 0.2) is 30.5 Å². The molecular weight excluding hydrogens is 292 g/mol. The van der Waals surface area contributed by atoms with Crippen LogP contribution in [-0.4, -0.2) is 40.7 Å². The molecular formula is C14H17ClN4O2. The van der Waals surface area contributed by atoms with Gasteiger partial charge in [0.2, 0.25) is 0 Å². The van der Waals surface area contributed by atoms with Crippen LogP contribution in [0.25, 0.3) is 5.69 Å². The molecule has 21 heavy (non-hydrogen) atoms. The van der Waals surface area contributed by atoms with Gasteiger partial charge in [-0.15, -0.1) is 5.10 Å². The van der Waals surface area contributed by atoms with Crippen LogP contribution in [0.2, 0.25) is 5.02 Å². The van der Waals surface area contributed by atoms with Crippen molar-refractivity contribution in [3.63, 3.8) is 0 Å². The Bertz CT molecular complexity index is 600. The predicted octanol–water partition coefficient (Wildman–Crippen LogP) is 2.08. The lowest BCUT2D eigenvalue weighted by molar-refractivity contribution is 0.0939. The molecule has 6 nitrogen and oxygen atoms in total. The standard InChI is InChI=1S/C14H17ClN4O2/c1-2-21-8-4-7-16-14(20)13-10-19(18-17-13)12-6-3-5-11(15)9-12/h3,5-6,9-10H,2,4,7-8H2,1H3,(H,16,20). The molecule has 1 aromatic carbocycles. The zero-order valence-electron chi connectivity index (χ0n) is 11.8. The molecule has 0 saturated heterocycles. The van der Waals surface area contributed by atoms with Gasteiger partial charge in [0.25, 0.3) is 5.91 Å². The smallest absolute Gasteiger partial charge is 0.273 e. The number of hydrogen-bond acceptors (Lipinski definition) is 4. The Morgan fingerprint density at radius 3 is 3.10 bits per heavy atom. The molecule has 0 spiro atoms. The third-order valence-electron chi connectivity index (χ3n) is 2.75. The fourth-order valence-corrected chi connectivity index (χ4v) is 1.91. The maximum atomic E-state index is 11.9. The van der Waals surface area contributed by atoms with Crippen LogP contribution in [0.5, 0.6) is 0 Å². The van der Waals surface area contributed by atoms with Crippen molar-refractivity contribution in [2.24, 2.45) is 0 Å². The topological polar surface area (TPSA) is 69.0 Å². The van der Waals surface area contributed by atoms with E-state index in [0.29, 0.717) is 24.8 Å². The summed E-state index contributed by atoms with van der Waals surface area (Å²) in [5, 5.41) is 11.2. The summed E-state index contributed by atoms with van der Waals surface area (Å²) in [4.78, 5) is 11.9. The first-order valence-electron chi connectivity index (χ1n) is 6.75. The van der Waals surface area contributed by atoms with E-state index >= 15 is 0 Å². The van der Waals surface area contributed by atoms with Crippen LogP contribution in [0, 0.1) is 0 Å². The molecule has 0 fully saturated rings. The minimum absolute atomic E-state index is 0.250. The number of halogens is 1. The summed E-state index contributed by atoms with van der Waals surface area (Å²) in [6.45, 7) is 3.80. The zero-order valence-corrected chi connectivity index (χ0v) is 12.5. The second-order valence-corrected chi connectivity index (χ2v) is 4.77. The van der Waals surface area contributed by atoms with Crippen LogP contribution in [0.1, 0.15) is 23.8 Å². The monoisotopic (exact) mass is 308 g/mol. The fraction of sp³-hybridized carbons (Fsp3) is 0.357. The van der Waals surface area contributed by atoms with Crippen molar-refractivity contribution in [2.45, 2.75) is 13.3 Å². The van der Waals surface area contributed by atoms with E-state index in [4.69, 9.17) is 16.3 Å². The van der Waals surface area contributed by atoms with Crippen LogP contribution in [0.3, 0.4) is 0 Å². The SMILES string of the molecule is CCOCCCNC(=O)c1cn(-c2cccc(Cl)c2)nn1. The Morgan fingerprint density at radius 1 is 1.48 bits per heavy atom. The van der Waals surface area contributed by atoms with Crippen molar-refractivity contribution in [3.8, 4) is 5.69 Å². The number of hydrogen-bond donors (Lipinski definition) is 1. The van der Waals surface area contributed by atoms with Gasteiger partial charge in [-0.3, -0.25) is 4.79 Å². The summed E-state index contributed by atoms with van der Waals surface area (Å²) in [5.41, 5.74) is 1.02. The molecule has 2 rings (SSSR count). The molecule has 7 heteroatoms. The molecule has 0 radical (unpaired) electrons. The molecule has 0 saturated carbocycles. The highest BCUT2D eigenvalue weighted by atomic mass is 35.5. The van der Waals surface area contributed by atoms with Gasteiger partial charge in [-0.05, 0) is 31.5 Å². The Labute approximate surface area is 128 Å². The second kappa shape index (κ2) is 7.75. The number of ether oxygens (including phenoxy) is 1. The van der Waals surface area contributed by atoms with Crippen molar-refractivity contribution in [1.82, 2.24) is 20.3 Å². The van der Waals surface area contributed by atoms with Gasteiger partial charge in [0.1, 0.15) is 0 Å².